The lowest BCUT2D eigenvalue weighted by molar-refractivity contribution is 0.126. The first-order valence-corrected chi connectivity index (χ1v) is 7.33. The number of nitrogens with one attached hydrogen (secondary N) is 1. The summed E-state index contributed by atoms with van der Waals surface area (Å²) in [6.07, 6.45) is 6.88. The molecule has 1 aliphatic carbocycles. The van der Waals surface area contributed by atoms with E-state index < -0.39 is 0 Å². The average molecular weight is 238 g/mol. The molecule has 100 valence electrons. The quantitative estimate of drug-likeness (QED) is 0.813. The molecule has 2 heteroatoms. The van der Waals surface area contributed by atoms with Crippen LogP contribution >= 0.6 is 0 Å². The summed E-state index contributed by atoms with van der Waals surface area (Å²) >= 11 is 0. The number of piperidine rings is 1. The molecule has 0 aromatic rings. The van der Waals surface area contributed by atoms with E-state index in [9.17, 15) is 0 Å². The van der Waals surface area contributed by atoms with Crippen LogP contribution in [0.1, 0.15) is 52.9 Å². The predicted octanol–water partition coefficient (Wildman–Crippen LogP) is 2.89. The van der Waals surface area contributed by atoms with Gasteiger partial charge in [-0.05, 0) is 56.7 Å². The molecule has 17 heavy (non-hydrogen) atoms. The molecule has 0 amide bonds. The summed E-state index contributed by atoms with van der Waals surface area (Å²) in [4.78, 5) is 2.46. The van der Waals surface area contributed by atoms with E-state index in [1.165, 1.54) is 51.7 Å². The molecule has 0 aromatic heterocycles. The number of likely N-dealkylation sites (tertiary alicyclic amines) is 1. The second kappa shape index (κ2) is 4.89. The summed E-state index contributed by atoms with van der Waals surface area (Å²) in [5.41, 5.74) is 1.05. The highest BCUT2D eigenvalue weighted by Gasteiger charge is 2.36. The Labute approximate surface area is 107 Å². The first kappa shape index (κ1) is 13.4. The first-order chi connectivity index (χ1) is 7.91. The molecule has 0 bridgehead atoms. The Kier molecular flexibility index (Phi) is 3.84. The number of nitrogens with zero attached hydrogens (tertiary/aromatic N) is 1. The highest BCUT2D eigenvalue weighted by molar-refractivity contribution is 4.92. The van der Waals surface area contributed by atoms with Crippen LogP contribution in [-0.2, 0) is 0 Å². The van der Waals surface area contributed by atoms with Crippen LogP contribution < -0.4 is 5.32 Å². The average Bonchev–Trinajstić information content (AvgIpc) is 2.60. The van der Waals surface area contributed by atoms with Crippen LogP contribution in [0.25, 0.3) is 0 Å². The predicted molar refractivity (Wildman–Crippen MR) is 74.3 cm³/mol. The van der Waals surface area contributed by atoms with Gasteiger partial charge in [0.15, 0.2) is 0 Å². The van der Waals surface area contributed by atoms with Crippen LogP contribution in [0.4, 0.5) is 0 Å². The third kappa shape index (κ3) is 3.23. The van der Waals surface area contributed by atoms with Crippen molar-refractivity contribution in [2.24, 2.45) is 10.8 Å². The molecule has 2 fully saturated rings. The van der Waals surface area contributed by atoms with E-state index in [2.05, 4.69) is 38.0 Å². The Bertz CT molecular complexity index is 252. The smallest absolute Gasteiger partial charge is 0.0118 e. The van der Waals surface area contributed by atoms with Crippen molar-refractivity contribution in [3.05, 3.63) is 0 Å². The molecule has 1 unspecified atom stereocenters. The summed E-state index contributed by atoms with van der Waals surface area (Å²) in [7, 11) is 2.24. The van der Waals surface area contributed by atoms with Gasteiger partial charge in [-0.15, -0.1) is 0 Å². The van der Waals surface area contributed by atoms with Crippen LogP contribution in [-0.4, -0.2) is 37.6 Å². The van der Waals surface area contributed by atoms with Crippen molar-refractivity contribution in [2.45, 2.75) is 58.9 Å². The fourth-order valence-corrected chi connectivity index (χ4v) is 3.41. The van der Waals surface area contributed by atoms with Gasteiger partial charge in [0.05, 0.1) is 0 Å². The van der Waals surface area contributed by atoms with Crippen molar-refractivity contribution < 1.29 is 0 Å². The van der Waals surface area contributed by atoms with Gasteiger partial charge < -0.3 is 10.2 Å². The number of hydrogen-bond acceptors (Lipinski definition) is 2. The van der Waals surface area contributed by atoms with E-state index in [-0.39, 0.29) is 0 Å². The van der Waals surface area contributed by atoms with Gasteiger partial charge in [-0.3, -0.25) is 0 Å². The minimum atomic E-state index is 0.516. The molecule has 1 saturated carbocycles. The highest BCUT2D eigenvalue weighted by atomic mass is 15.1. The van der Waals surface area contributed by atoms with Gasteiger partial charge in [0, 0.05) is 12.6 Å². The van der Waals surface area contributed by atoms with Crippen LogP contribution in [0.5, 0.6) is 0 Å². The van der Waals surface area contributed by atoms with Gasteiger partial charge in [-0.2, -0.15) is 0 Å². The van der Waals surface area contributed by atoms with Crippen LogP contribution in [0, 0.1) is 10.8 Å². The van der Waals surface area contributed by atoms with Gasteiger partial charge in [0.1, 0.15) is 0 Å². The minimum Gasteiger partial charge on any atom is -0.313 e. The van der Waals surface area contributed by atoms with E-state index in [1.54, 1.807) is 0 Å². The Morgan fingerprint density at radius 1 is 1.12 bits per heavy atom. The maximum Gasteiger partial charge on any atom is 0.0118 e. The summed E-state index contributed by atoms with van der Waals surface area (Å²) in [6, 6.07) is 0.749. The molecule has 2 nitrogen and oxygen atoms in total. The van der Waals surface area contributed by atoms with Crippen molar-refractivity contribution in [2.75, 3.05) is 26.7 Å². The fourth-order valence-electron chi connectivity index (χ4n) is 3.41. The van der Waals surface area contributed by atoms with Crippen molar-refractivity contribution in [3.63, 3.8) is 0 Å². The summed E-state index contributed by atoms with van der Waals surface area (Å²) in [5.74, 6) is 0. The zero-order valence-electron chi connectivity index (χ0n) is 12.2. The minimum absolute atomic E-state index is 0.516. The Balaban J connectivity index is 1.81. The molecule has 2 rings (SSSR count). The van der Waals surface area contributed by atoms with E-state index >= 15 is 0 Å². The Morgan fingerprint density at radius 3 is 2.29 bits per heavy atom. The maximum atomic E-state index is 3.88. The van der Waals surface area contributed by atoms with Crippen LogP contribution in [0.15, 0.2) is 0 Å². The molecule has 0 radical (unpaired) electrons. The van der Waals surface area contributed by atoms with Crippen molar-refractivity contribution >= 4 is 0 Å². The summed E-state index contributed by atoms with van der Waals surface area (Å²) in [5, 5.41) is 3.88. The van der Waals surface area contributed by atoms with E-state index in [0.717, 1.165) is 6.04 Å². The number of rotatable bonds is 3. The summed E-state index contributed by atoms with van der Waals surface area (Å²) in [6.45, 7) is 11.1. The molecule has 1 heterocycles. The first-order valence-electron chi connectivity index (χ1n) is 7.33. The molecular formula is C15H30N2. The van der Waals surface area contributed by atoms with Gasteiger partial charge in [0.2, 0.25) is 0 Å². The van der Waals surface area contributed by atoms with Gasteiger partial charge in [0.25, 0.3) is 0 Å². The molecule has 1 saturated heterocycles. The van der Waals surface area contributed by atoms with Crippen molar-refractivity contribution in [1.29, 1.82) is 0 Å². The van der Waals surface area contributed by atoms with E-state index in [1.807, 2.05) is 0 Å². The van der Waals surface area contributed by atoms with Crippen molar-refractivity contribution in [1.82, 2.24) is 10.2 Å². The maximum absolute atomic E-state index is 3.88. The standard InChI is InChI=1S/C15H30N2/c1-14(2)7-5-6-13(14)16-12-15(3)8-10-17(4)11-9-15/h13,16H,5-12H2,1-4H3. The molecule has 1 aliphatic heterocycles. The van der Waals surface area contributed by atoms with Gasteiger partial charge >= 0.3 is 0 Å². The SMILES string of the molecule is CN1CCC(C)(CNC2CCCC2(C)C)CC1. The zero-order valence-corrected chi connectivity index (χ0v) is 12.2. The zero-order chi connectivity index (χ0) is 12.5. The molecular weight excluding hydrogens is 208 g/mol. The lowest BCUT2D eigenvalue weighted by Crippen LogP contribution is -2.47. The molecule has 1 N–H and O–H groups in total. The van der Waals surface area contributed by atoms with Crippen molar-refractivity contribution in [3.8, 4) is 0 Å². The number of hydrogen-bond donors (Lipinski definition) is 1. The third-order valence-electron chi connectivity index (χ3n) is 5.23. The highest BCUT2D eigenvalue weighted by Crippen LogP contribution is 2.38. The van der Waals surface area contributed by atoms with E-state index in [0.29, 0.717) is 10.8 Å². The topological polar surface area (TPSA) is 15.3 Å². The lowest BCUT2D eigenvalue weighted by Gasteiger charge is -2.40. The fraction of sp³-hybridized carbons (Fsp3) is 1.00. The molecule has 0 aromatic carbocycles. The molecule has 2 aliphatic rings. The Morgan fingerprint density at radius 2 is 1.76 bits per heavy atom. The Hall–Kier alpha value is -0.0800. The largest absolute Gasteiger partial charge is 0.313 e. The normalized spacial score (nSPS) is 32.8. The van der Waals surface area contributed by atoms with Crippen LogP contribution in [0.3, 0.4) is 0 Å². The lowest BCUT2D eigenvalue weighted by atomic mass is 9.79. The van der Waals surface area contributed by atoms with Gasteiger partial charge in [-0.1, -0.05) is 27.2 Å². The van der Waals surface area contributed by atoms with Crippen LogP contribution in [0.2, 0.25) is 0 Å². The third-order valence-corrected chi connectivity index (χ3v) is 5.23. The van der Waals surface area contributed by atoms with Gasteiger partial charge in [-0.25, -0.2) is 0 Å². The second-order valence-electron chi connectivity index (χ2n) is 7.43. The monoisotopic (exact) mass is 238 g/mol. The molecule has 0 spiro atoms. The molecule has 1 atom stereocenters. The van der Waals surface area contributed by atoms with E-state index in [4.69, 9.17) is 0 Å². The second-order valence-corrected chi connectivity index (χ2v) is 7.43. The summed E-state index contributed by atoms with van der Waals surface area (Å²) < 4.78 is 0.